The minimum absolute atomic E-state index is 0.421. The fourth-order valence-corrected chi connectivity index (χ4v) is 2.90. The molecule has 0 bridgehead atoms. The van der Waals surface area contributed by atoms with Crippen LogP contribution in [0.1, 0.15) is 5.56 Å². The summed E-state index contributed by atoms with van der Waals surface area (Å²) in [6.45, 7) is 0. The van der Waals surface area contributed by atoms with E-state index >= 15 is 0 Å². The summed E-state index contributed by atoms with van der Waals surface area (Å²) in [6, 6.07) is 9.32. The van der Waals surface area contributed by atoms with Crippen molar-refractivity contribution in [2.75, 3.05) is 20.0 Å². The predicted octanol–water partition coefficient (Wildman–Crippen LogP) is 3.62. The zero-order valence-electron chi connectivity index (χ0n) is 11.0. The average molecular weight is 304 g/mol. The fraction of sp³-hybridized carbons (Fsp3) is 0.143. The van der Waals surface area contributed by atoms with Crippen LogP contribution in [0.4, 0.5) is 5.00 Å². The first-order chi connectivity index (χ1) is 9.60. The van der Waals surface area contributed by atoms with Crippen molar-refractivity contribution in [2.24, 2.45) is 0 Å². The quantitative estimate of drug-likeness (QED) is 0.877. The number of hydrogen-bond donors (Lipinski definition) is 1. The van der Waals surface area contributed by atoms with Crippen LogP contribution < -0.4 is 15.2 Å². The van der Waals surface area contributed by atoms with E-state index in [2.05, 4.69) is 6.07 Å². The Morgan fingerprint density at radius 2 is 1.90 bits per heavy atom. The predicted molar refractivity (Wildman–Crippen MR) is 82.8 cm³/mol. The molecular weight excluding hydrogens is 292 g/mol. The number of nitrogens with zero attached hydrogens (tertiary/aromatic N) is 1. The number of methoxy groups -OCH3 is 2. The van der Waals surface area contributed by atoms with Crippen molar-refractivity contribution in [3.05, 3.63) is 33.7 Å². The summed E-state index contributed by atoms with van der Waals surface area (Å²) in [6.07, 6.45) is 0. The lowest BCUT2D eigenvalue weighted by molar-refractivity contribution is 0.355. The number of anilines is 1. The lowest BCUT2D eigenvalue weighted by Crippen LogP contribution is -1.94. The molecule has 20 heavy (non-hydrogen) atoms. The lowest BCUT2D eigenvalue weighted by Gasteiger charge is -2.11. The van der Waals surface area contributed by atoms with E-state index in [9.17, 15) is 5.26 Å². The van der Waals surface area contributed by atoms with Crippen LogP contribution in [0, 0.1) is 15.2 Å². The third-order valence-electron chi connectivity index (χ3n) is 2.79. The zero-order chi connectivity index (χ0) is 14.7. The number of rotatable bonds is 3. The van der Waals surface area contributed by atoms with Gasteiger partial charge in [-0.2, -0.15) is 5.26 Å². The summed E-state index contributed by atoms with van der Waals surface area (Å²) in [7, 11) is 3.13. The molecule has 0 aliphatic carbocycles. The fourth-order valence-electron chi connectivity index (χ4n) is 1.86. The summed E-state index contributed by atoms with van der Waals surface area (Å²) >= 11 is 6.40. The van der Waals surface area contributed by atoms with Crippen LogP contribution in [0.25, 0.3) is 11.1 Å². The Hall–Kier alpha value is -2.10. The van der Waals surface area contributed by atoms with Crippen molar-refractivity contribution in [1.29, 1.82) is 5.26 Å². The van der Waals surface area contributed by atoms with Crippen LogP contribution in [0.3, 0.4) is 0 Å². The topological polar surface area (TPSA) is 68.3 Å². The van der Waals surface area contributed by atoms with Gasteiger partial charge in [0.15, 0.2) is 11.5 Å². The first-order valence-electron chi connectivity index (χ1n) is 5.66. The van der Waals surface area contributed by atoms with E-state index < -0.39 is 0 Å². The van der Waals surface area contributed by atoms with Crippen molar-refractivity contribution in [3.63, 3.8) is 0 Å². The first-order valence-corrected chi connectivity index (χ1v) is 6.89. The number of nitrogens with two attached hydrogens (primary N) is 1. The highest BCUT2D eigenvalue weighted by atomic mass is 32.1. The summed E-state index contributed by atoms with van der Waals surface area (Å²) in [5.74, 6) is 1.21. The molecule has 0 fully saturated rings. The molecule has 0 aliphatic heterocycles. The van der Waals surface area contributed by atoms with Gasteiger partial charge >= 0.3 is 0 Å². The molecule has 0 spiro atoms. The van der Waals surface area contributed by atoms with E-state index in [-0.39, 0.29) is 0 Å². The van der Waals surface area contributed by atoms with Gasteiger partial charge in [0.25, 0.3) is 0 Å². The largest absolute Gasteiger partial charge is 0.493 e. The van der Waals surface area contributed by atoms with Gasteiger partial charge in [-0.1, -0.05) is 18.3 Å². The average Bonchev–Trinajstić information content (AvgIpc) is 2.45. The Labute approximate surface area is 126 Å². The van der Waals surface area contributed by atoms with Gasteiger partial charge in [-0.05, 0) is 23.8 Å². The zero-order valence-corrected chi connectivity index (χ0v) is 12.6. The van der Waals surface area contributed by atoms with Crippen molar-refractivity contribution in [3.8, 4) is 28.7 Å². The van der Waals surface area contributed by atoms with Gasteiger partial charge in [0, 0.05) is 5.56 Å². The second-order valence-corrected chi connectivity index (χ2v) is 5.68. The van der Waals surface area contributed by atoms with Crippen molar-refractivity contribution < 1.29 is 9.47 Å². The number of nitrogen functional groups attached to an aromatic ring is 1. The third-order valence-corrected chi connectivity index (χ3v) is 3.91. The minimum atomic E-state index is 0.421. The van der Waals surface area contributed by atoms with Crippen LogP contribution in [0.15, 0.2) is 24.3 Å². The van der Waals surface area contributed by atoms with Crippen LogP contribution in [-0.2, 0) is 0 Å². The molecule has 1 heterocycles. The molecule has 2 N–H and O–H groups in total. The van der Waals surface area contributed by atoms with Gasteiger partial charge in [-0.25, -0.2) is 0 Å². The molecule has 102 valence electrons. The second-order valence-electron chi connectivity index (χ2n) is 3.90. The number of hydrogen-bond acceptors (Lipinski definition) is 6. The van der Waals surface area contributed by atoms with Gasteiger partial charge in [0.1, 0.15) is 11.1 Å². The second kappa shape index (κ2) is 5.90. The Bertz CT molecular complexity index is 748. The molecule has 0 unspecified atom stereocenters. The summed E-state index contributed by atoms with van der Waals surface area (Å²) in [5.41, 5.74) is 7.81. The van der Waals surface area contributed by atoms with Gasteiger partial charge in [-0.3, -0.25) is 0 Å². The highest BCUT2D eigenvalue weighted by Crippen LogP contribution is 2.36. The molecular formula is C14H12N2O2S2. The molecule has 0 atom stereocenters. The summed E-state index contributed by atoms with van der Waals surface area (Å²) in [4.78, 5) is 0. The maximum atomic E-state index is 9.27. The molecule has 1 aromatic carbocycles. The van der Waals surface area contributed by atoms with E-state index in [1.54, 1.807) is 32.4 Å². The van der Waals surface area contributed by atoms with Crippen LogP contribution >= 0.6 is 23.6 Å². The standard InChI is InChI=1S/C14H12N2O2S2/c1-17-11-4-3-8(5-12(11)18-2)9-6-13(19)20-14(16)10(9)7-15/h3-6H,16H2,1-2H3. The highest BCUT2D eigenvalue weighted by Gasteiger charge is 2.12. The van der Waals surface area contributed by atoms with Crippen LogP contribution in [-0.4, -0.2) is 14.2 Å². The molecule has 2 aromatic rings. The Balaban J connectivity index is 2.69. The molecule has 6 heteroatoms. The SMILES string of the molecule is COc1ccc(-c2cc(=S)sc(N)c2C#N)cc1OC. The normalized spacial score (nSPS) is 9.85. The molecule has 2 rings (SSSR count). The molecule has 4 nitrogen and oxygen atoms in total. The highest BCUT2D eigenvalue weighted by molar-refractivity contribution is 7.73. The molecule has 0 radical (unpaired) electrons. The van der Waals surface area contributed by atoms with Gasteiger partial charge in [0.2, 0.25) is 0 Å². The Morgan fingerprint density at radius 1 is 1.20 bits per heavy atom. The maximum absolute atomic E-state index is 9.27. The Kier molecular flexibility index (Phi) is 4.23. The van der Waals surface area contributed by atoms with E-state index in [1.165, 1.54) is 11.3 Å². The monoisotopic (exact) mass is 304 g/mol. The van der Waals surface area contributed by atoms with Crippen LogP contribution in [0.2, 0.25) is 0 Å². The number of ether oxygens (including phenoxy) is 2. The molecule has 0 saturated heterocycles. The van der Waals surface area contributed by atoms with E-state index in [1.807, 2.05) is 6.07 Å². The van der Waals surface area contributed by atoms with Crippen molar-refractivity contribution in [1.82, 2.24) is 0 Å². The number of benzene rings is 1. The maximum Gasteiger partial charge on any atom is 0.161 e. The van der Waals surface area contributed by atoms with E-state index in [0.717, 1.165) is 5.56 Å². The van der Waals surface area contributed by atoms with Crippen molar-refractivity contribution >= 4 is 28.6 Å². The first kappa shape index (κ1) is 14.3. The van der Waals surface area contributed by atoms with Crippen LogP contribution in [0.5, 0.6) is 11.5 Å². The molecule has 0 amide bonds. The van der Waals surface area contributed by atoms with Gasteiger partial charge < -0.3 is 15.2 Å². The van der Waals surface area contributed by atoms with E-state index in [4.69, 9.17) is 27.4 Å². The summed E-state index contributed by atoms with van der Waals surface area (Å²) < 4.78 is 11.1. The Morgan fingerprint density at radius 3 is 2.50 bits per heavy atom. The van der Waals surface area contributed by atoms with E-state index in [0.29, 0.717) is 31.5 Å². The molecule has 0 saturated carbocycles. The van der Waals surface area contributed by atoms with Gasteiger partial charge in [0.05, 0.1) is 23.6 Å². The third kappa shape index (κ3) is 2.59. The number of nitriles is 1. The molecule has 1 aromatic heterocycles. The smallest absolute Gasteiger partial charge is 0.161 e. The molecule has 0 aliphatic rings. The minimum Gasteiger partial charge on any atom is -0.493 e. The lowest BCUT2D eigenvalue weighted by atomic mass is 10.0. The van der Waals surface area contributed by atoms with Crippen molar-refractivity contribution in [2.45, 2.75) is 0 Å². The summed E-state index contributed by atoms with van der Waals surface area (Å²) in [5, 5.41) is 9.69. The van der Waals surface area contributed by atoms with Gasteiger partial charge in [-0.15, -0.1) is 11.3 Å².